The van der Waals surface area contributed by atoms with Crippen molar-refractivity contribution in [3.05, 3.63) is 46.5 Å². The van der Waals surface area contributed by atoms with Crippen molar-refractivity contribution in [3.63, 3.8) is 0 Å². The third kappa shape index (κ3) is 22.6. The van der Waals surface area contributed by atoms with Crippen LogP contribution < -0.4 is 4.74 Å². The molecule has 1 rings (SSSR count). The Morgan fingerprint density at radius 2 is 1.00 bits per heavy atom. The Morgan fingerprint density at radius 1 is 0.625 bits per heavy atom. The van der Waals surface area contributed by atoms with Crippen LogP contribution in [0.15, 0.2) is 36.4 Å². The van der Waals surface area contributed by atoms with Gasteiger partial charge in [-0.15, -0.1) is 0 Å². The van der Waals surface area contributed by atoms with Crippen LogP contribution in [0.5, 0.6) is 5.75 Å². The van der Waals surface area contributed by atoms with Gasteiger partial charge in [-0.2, -0.15) is 0 Å². The number of esters is 1. The van der Waals surface area contributed by atoms with E-state index in [0.29, 0.717) is 12.2 Å². The molecule has 5 heteroatoms. The minimum atomic E-state index is -0.468. The SMILES string of the molecule is CCCCCCCCCCCCCCCCCC/C=C/CCCCCCCCC(=O)Oc1ccc([N+](=O)[O-])cc1. The first-order chi connectivity index (χ1) is 19.6. The maximum absolute atomic E-state index is 11.9. The number of carbonyl (C=O) groups excluding carboxylic acids is 1. The molecule has 1 aromatic carbocycles. The van der Waals surface area contributed by atoms with Gasteiger partial charge in [-0.3, -0.25) is 14.9 Å². The number of ether oxygens (including phenoxy) is 1. The Morgan fingerprint density at radius 3 is 1.40 bits per heavy atom. The molecule has 0 aliphatic heterocycles. The van der Waals surface area contributed by atoms with E-state index in [4.69, 9.17) is 4.74 Å². The Kier molecular flexibility index (Phi) is 24.2. The fourth-order valence-corrected chi connectivity index (χ4v) is 5.10. The lowest BCUT2D eigenvalue weighted by molar-refractivity contribution is -0.384. The van der Waals surface area contributed by atoms with Crippen molar-refractivity contribution in [3.8, 4) is 5.75 Å². The molecule has 0 aliphatic carbocycles. The number of allylic oxidation sites excluding steroid dienone is 2. The van der Waals surface area contributed by atoms with E-state index in [1.807, 2.05) is 0 Å². The number of non-ortho nitro benzene ring substituents is 1. The normalized spacial score (nSPS) is 11.3. The number of hydrogen-bond acceptors (Lipinski definition) is 4. The maximum Gasteiger partial charge on any atom is 0.311 e. The van der Waals surface area contributed by atoms with Crippen LogP contribution in [0.2, 0.25) is 0 Å². The lowest BCUT2D eigenvalue weighted by atomic mass is 10.0. The van der Waals surface area contributed by atoms with Crippen molar-refractivity contribution in [2.75, 3.05) is 0 Å². The molecule has 1 aromatic rings. The zero-order chi connectivity index (χ0) is 28.9. The van der Waals surface area contributed by atoms with Crippen molar-refractivity contribution in [2.24, 2.45) is 0 Å². The second-order valence-corrected chi connectivity index (χ2v) is 11.4. The van der Waals surface area contributed by atoms with Gasteiger partial charge in [0.25, 0.3) is 5.69 Å². The highest BCUT2D eigenvalue weighted by Gasteiger charge is 2.08. The lowest BCUT2D eigenvalue weighted by Crippen LogP contribution is -2.07. The zero-order valence-corrected chi connectivity index (χ0v) is 25.7. The monoisotopic (exact) mass is 557 g/mol. The van der Waals surface area contributed by atoms with Gasteiger partial charge in [0, 0.05) is 18.6 Å². The third-order valence-corrected chi connectivity index (χ3v) is 7.67. The number of unbranched alkanes of at least 4 members (excludes halogenated alkanes) is 22. The molecule has 228 valence electrons. The number of carbonyl (C=O) groups is 1. The summed E-state index contributed by atoms with van der Waals surface area (Å²) in [5, 5.41) is 10.7. The third-order valence-electron chi connectivity index (χ3n) is 7.67. The summed E-state index contributed by atoms with van der Waals surface area (Å²) in [6.45, 7) is 2.29. The first-order valence-electron chi connectivity index (χ1n) is 16.7. The fourth-order valence-electron chi connectivity index (χ4n) is 5.10. The van der Waals surface area contributed by atoms with Crippen molar-refractivity contribution < 1.29 is 14.5 Å². The van der Waals surface area contributed by atoms with Crippen LogP contribution in [-0.4, -0.2) is 10.9 Å². The predicted molar refractivity (Wildman–Crippen MR) is 169 cm³/mol. The van der Waals surface area contributed by atoms with E-state index in [2.05, 4.69) is 19.1 Å². The second kappa shape index (κ2) is 27.0. The fraction of sp³-hybridized carbons (Fsp3) is 0.743. The van der Waals surface area contributed by atoms with E-state index in [1.165, 1.54) is 159 Å². The Labute approximate surface area is 245 Å². The van der Waals surface area contributed by atoms with Gasteiger partial charge in [-0.1, -0.05) is 141 Å². The molecule has 0 spiro atoms. The van der Waals surface area contributed by atoms with Crippen molar-refractivity contribution >= 4 is 11.7 Å². The van der Waals surface area contributed by atoms with E-state index >= 15 is 0 Å². The maximum atomic E-state index is 11.9. The molecule has 5 nitrogen and oxygen atoms in total. The largest absolute Gasteiger partial charge is 0.427 e. The predicted octanol–water partition coefficient (Wildman–Crippen LogP) is 11.8. The minimum absolute atomic E-state index is 0.00862. The summed E-state index contributed by atoms with van der Waals surface area (Å²) in [6.07, 6.45) is 37.0. The highest BCUT2D eigenvalue weighted by molar-refractivity contribution is 5.72. The molecule has 0 radical (unpaired) electrons. The number of hydrogen-bond donors (Lipinski definition) is 0. The molecule has 0 amide bonds. The van der Waals surface area contributed by atoms with Gasteiger partial charge in [0.15, 0.2) is 0 Å². The summed E-state index contributed by atoms with van der Waals surface area (Å²) >= 11 is 0. The molecule has 0 atom stereocenters. The Hall–Kier alpha value is -2.17. The molecular weight excluding hydrogens is 498 g/mol. The molecule has 0 fully saturated rings. The molecule has 0 N–H and O–H groups in total. The number of benzene rings is 1. The van der Waals surface area contributed by atoms with Crippen molar-refractivity contribution in [1.29, 1.82) is 0 Å². The van der Waals surface area contributed by atoms with Crippen LogP contribution in [0, 0.1) is 10.1 Å². The summed E-state index contributed by atoms with van der Waals surface area (Å²) in [4.78, 5) is 22.1. The topological polar surface area (TPSA) is 69.4 Å². The van der Waals surface area contributed by atoms with Crippen LogP contribution in [0.3, 0.4) is 0 Å². The van der Waals surface area contributed by atoms with E-state index in [9.17, 15) is 14.9 Å². The van der Waals surface area contributed by atoms with Crippen molar-refractivity contribution in [2.45, 2.75) is 167 Å². The molecule has 0 unspecified atom stereocenters. The summed E-state index contributed by atoms with van der Waals surface area (Å²) in [6, 6.07) is 5.62. The van der Waals surface area contributed by atoms with Gasteiger partial charge in [-0.05, 0) is 44.2 Å². The van der Waals surface area contributed by atoms with Crippen LogP contribution in [0.1, 0.15) is 167 Å². The quantitative estimate of drug-likeness (QED) is 0.0256. The average Bonchev–Trinajstić information content (AvgIpc) is 2.95. The summed E-state index contributed by atoms with van der Waals surface area (Å²) < 4.78 is 5.24. The van der Waals surface area contributed by atoms with Crippen LogP contribution in [0.4, 0.5) is 5.69 Å². The molecule has 0 saturated heterocycles. The highest BCUT2D eigenvalue weighted by atomic mass is 16.6. The Balaban J connectivity index is 1.77. The van der Waals surface area contributed by atoms with Crippen LogP contribution in [0.25, 0.3) is 0 Å². The molecule has 0 saturated carbocycles. The molecule has 40 heavy (non-hydrogen) atoms. The minimum Gasteiger partial charge on any atom is -0.427 e. The Bertz CT molecular complexity index is 759. The molecule has 0 bridgehead atoms. The number of nitro groups is 1. The second-order valence-electron chi connectivity index (χ2n) is 11.4. The molecule has 0 aliphatic rings. The first-order valence-corrected chi connectivity index (χ1v) is 16.7. The van der Waals surface area contributed by atoms with Crippen LogP contribution in [-0.2, 0) is 4.79 Å². The van der Waals surface area contributed by atoms with E-state index < -0.39 is 4.92 Å². The molecule has 0 aromatic heterocycles. The standard InChI is InChI=1S/C35H59NO4/c1-2-3-4-5-6-7-8-9-10-11-12-13-14-15-16-17-18-19-20-21-22-23-24-25-26-27-28-35(37)40-34-31-29-33(30-32-34)36(38)39/h19-20,29-32H,2-18,21-28H2,1H3/b20-19+. The van der Waals surface area contributed by atoms with Crippen LogP contribution >= 0.6 is 0 Å². The van der Waals surface area contributed by atoms with E-state index in [0.717, 1.165) is 19.3 Å². The first kappa shape index (κ1) is 35.9. The van der Waals surface area contributed by atoms with Crippen molar-refractivity contribution in [1.82, 2.24) is 0 Å². The van der Waals surface area contributed by atoms with Gasteiger partial charge >= 0.3 is 5.97 Å². The van der Waals surface area contributed by atoms with Gasteiger partial charge in [0.2, 0.25) is 0 Å². The number of nitrogens with zero attached hydrogens (tertiary/aromatic N) is 1. The van der Waals surface area contributed by atoms with Gasteiger partial charge in [-0.25, -0.2) is 0 Å². The average molecular weight is 558 g/mol. The molecular formula is C35H59NO4. The lowest BCUT2D eigenvalue weighted by Gasteiger charge is -2.04. The summed E-state index contributed by atoms with van der Waals surface area (Å²) in [5.74, 6) is 0.0850. The zero-order valence-electron chi connectivity index (χ0n) is 25.7. The van der Waals surface area contributed by atoms with Gasteiger partial charge in [0.05, 0.1) is 4.92 Å². The van der Waals surface area contributed by atoms with Gasteiger partial charge < -0.3 is 4.74 Å². The van der Waals surface area contributed by atoms with Gasteiger partial charge in [0.1, 0.15) is 5.75 Å². The smallest absolute Gasteiger partial charge is 0.311 e. The number of rotatable bonds is 28. The summed E-state index contributed by atoms with van der Waals surface area (Å²) in [7, 11) is 0. The summed E-state index contributed by atoms with van der Waals surface area (Å²) in [5.41, 5.74) is -0.00862. The number of nitro benzene ring substituents is 1. The van der Waals surface area contributed by atoms with E-state index in [1.54, 1.807) is 0 Å². The molecule has 0 heterocycles. The van der Waals surface area contributed by atoms with E-state index in [-0.39, 0.29) is 11.7 Å². The highest BCUT2D eigenvalue weighted by Crippen LogP contribution is 2.19.